The van der Waals surface area contributed by atoms with Gasteiger partial charge in [0.25, 0.3) is 0 Å². The average Bonchev–Trinajstić information content (AvgIpc) is 2.27. The van der Waals surface area contributed by atoms with Crippen LogP contribution in [0.3, 0.4) is 0 Å². The lowest BCUT2D eigenvalue weighted by molar-refractivity contribution is 0.358. The van der Waals surface area contributed by atoms with E-state index < -0.39 is 0 Å². The first kappa shape index (κ1) is 13.1. The molecule has 16 heavy (non-hydrogen) atoms. The van der Waals surface area contributed by atoms with Gasteiger partial charge in [-0.05, 0) is 57.7 Å². The Labute approximate surface area is 98.9 Å². The number of pyridine rings is 1. The maximum absolute atomic E-state index is 4.04. The van der Waals surface area contributed by atoms with Gasteiger partial charge in [0.05, 0.1) is 0 Å². The van der Waals surface area contributed by atoms with Crippen LogP contribution in [0.5, 0.6) is 0 Å². The van der Waals surface area contributed by atoms with Crippen molar-refractivity contribution in [3.05, 3.63) is 30.1 Å². The van der Waals surface area contributed by atoms with Crippen molar-refractivity contribution in [2.75, 3.05) is 27.2 Å². The third-order valence-corrected chi connectivity index (χ3v) is 2.65. The minimum atomic E-state index is 0.565. The van der Waals surface area contributed by atoms with Crippen LogP contribution in [0.15, 0.2) is 24.5 Å². The zero-order chi connectivity index (χ0) is 11.8. The average molecular weight is 221 g/mol. The summed E-state index contributed by atoms with van der Waals surface area (Å²) in [5, 5.41) is 3.54. The molecule has 0 aromatic carbocycles. The van der Waals surface area contributed by atoms with Crippen molar-refractivity contribution in [2.45, 2.75) is 25.8 Å². The quantitative estimate of drug-likeness (QED) is 0.757. The van der Waals surface area contributed by atoms with E-state index in [0.29, 0.717) is 6.04 Å². The Hall–Kier alpha value is -0.930. The first-order valence-electron chi connectivity index (χ1n) is 5.99. The summed E-state index contributed by atoms with van der Waals surface area (Å²) in [6, 6.07) is 4.76. The van der Waals surface area contributed by atoms with E-state index in [1.54, 1.807) is 0 Å². The van der Waals surface area contributed by atoms with Crippen LogP contribution in [0, 0.1) is 0 Å². The molecule has 0 amide bonds. The largest absolute Gasteiger partial charge is 0.314 e. The van der Waals surface area contributed by atoms with Gasteiger partial charge in [0.2, 0.25) is 0 Å². The lowest BCUT2D eigenvalue weighted by Crippen LogP contribution is -2.34. The Balaban J connectivity index is 2.44. The van der Waals surface area contributed by atoms with Crippen LogP contribution in [-0.2, 0) is 6.42 Å². The summed E-state index contributed by atoms with van der Waals surface area (Å²) in [7, 11) is 4.24. The van der Waals surface area contributed by atoms with Gasteiger partial charge in [0, 0.05) is 18.4 Å². The monoisotopic (exact) mass is 221 g/mol. The third-order valence-electron chi connectivity index (χ3n) is 2.65. The molecule has 0 spiro atoms. The van der Waals surface area contributed by atoms with Gasteiger partial charge in [0.1, 0.15) is 0 Å². The first-order chi connectivity index (χ1) is 7.72. The highest BCUT2D eigenvalue weighted by Crippen LogP contribution is 2.05. The second-order valence-electron chi connectivity index (χ2n) is 4.41. The fraction of sp³-hybridized carbons (Fsp3) is 0.615. The molecular formula is C13H23N3. The van der Waals surface area contributed by atoms with Crippen molar-refractivity contribution >= 4 is 0 Å². The molecule has 3 heteroatoms. The predicted molar refractivity (Wildman–Crippen MR) is 68.6 cm³/mol. The van der Waals surface area contributed by atoms with Gasteiger partial charge in [-0.15, -0.1) is 0 Å². The van der Waals surface area contributed by atoms with Crippen LogP contribution in [0.2, 0.25) is 0 Å². The van der Waals surface area contributed by atoms with E-state index in [2.05, 4.69) is 48.4 Å². The van der Waals surface area contributed by atoms with Crippen LogP contribution < -0.4 is 5.32 Å². The smallest absolute Gasteiger partial charge is 0.0270 e. The molecule has 1 unspecified atom stereocenters. The molecule has 0 saturated carbocycles. The molecule has 1 aromatic rings. The number of nitrogens with one attached hydrogen (secondary N) is 1. The fourth-order valence-electron chi connectivity index (χ4n) is 1.78. The molecule has 0 aliphatic heterocycles. The summed E-state index contributed by atoms with van der Waals surface area (Å²) in [5.74, 6) is 0. The SMILES string of the molecule is CCNC(CCN(C)C)Cc1ccncc1. The predicted octanol–water partition coefficient (Wildman–Crippen LogP) is 1.55. The Morgan fingerprint density at radius 2 is 2.00 bits per heavy atom. The summed E-state index contributed by atoms with van der Waals surface area (Å²) in [6.45, 7) is 4.32. The van der Waals surface area contributed by atoms with E-state index >= 15 is 0 Å². The number of rotatable bonds is 7. The van der Waals surface area contributed by atoms with E-state index in [1.165, 1.54) is 12.0 Å². The molecule has 0 bridgehead atoms. The second-order valence-corrected chi connectivity index (χ2v) is 4.41. The molecule has 0 aliphatic rings. The number of hydrogen-bond donors (Lipinski definition) is 1. The molecular weight excluding hydrogens is 198 g/mol. The van der Waals surface area contributed by atoms with Gasteiger partial charge in [-0.2, -0.15) is 0 Å². The summed E-state index contributed by atoms with van der Waals surface area (Å²) in [4.78, 5) is 6.28. The van der Waals surface area contributed by atoms with E-state index in [9.17, 15) is 0 Å². The van der Waals surface area contributed by atoms with E-state index in [0.717, 1.165) is 19.5 Å². The molecule has 1 rings (SSSR count). The highest BCUT2D eigenvalue weighted by atomic mass is 15.1. The molecule has 0 saturated heterocycles. The van der Waals surface area contributed by atoms with Crippen molar-refractivity contribution in [1.29, 1.82) is 0 Å². The second kappa shape index (κ2) is 7.36. The summed E-state index contributed by atoms with van der Waals surface area (Å²) < 4.78 is 0. The molecule has 90 valence electrons. The van der Waals surface area contributed by atoms with Gasteiger partial charge < -0.3 is 10.2 Å². The fourth-order valence-corrected chi connectivity index (χ4v) is 1.78. The minimum absolute atomic E-state index is 0.565. The Morgan fingerprint density at radius 3 is 2.56 bits per heavy atom. The Bertz CT molecular complexity index is 272. The van der Waals surface area contributed by atoms with Crippen molar-refractivity contribution in [3.63, 3.8) is 0 Å². The Morgan fingerprint density at radius 1 is 1.31 bits per heavy atom. The lowest BCUT2D eigenvalue weighted by Gasteiger charge is -2.20. The summed E-state index contributed by atoms with van der Waals surface area (Å²) >= 11 is 0. The minimum Gasteiger partial charge on any atom is -0.314 e. The highest BCUT2D eigenvalue weighted by Gasteiger charge is 2.08. The molecule has 0 fully saturated rings. The van der Waals surface area contributed by atoms with E-state index in [1.807, 2.05) is 12.4 Å². The molecule has 0 radical (unpaired) electrons. The number of nitrogens with zero attached hydrogens (tertiary/aromatic N) is 2. The standard InChI is InChI=1S/C13H23N3/c1-4-15-13(7-10-16(2)3)11-12-5-8-14-9-6-12/h5-6,8-9,13,15H,4,7,10-11H2,1-3H3. The van der Waals surface area contributed by atoms with E-state index in [-0.39, 0.29) is 0 Å². The maximum atomic E-state index is 4.04. The number of likely N-dealkylation sites (N-methyl/N-ethyl adjacent to an activating group) is 1. The number of hydrogen-bond acceptors (Lipinski definition) is 3. The Kier molecular flexibility index (Phi) is 6.04. The highest BCUT2D eigenvalue weighted by molar-refractivity contribution is 5.11. The van der Waals surface area contributed by atoms with Crippen LogP contribution in [0.1, 0.15) is 18.9 Å². The van der Waals surface area contributed by atoms with Gasteiger partial charge in [-0.1, -0.05) is 6.92 Å². The molecule has 0 aliphatic carbocycles. The van der Waals surface area contributed by atoms with Crippen molar-refractivity contribution < 1.29 is 0 Å². The number of aromatic nitrogens is 1. The lowest BCUT2D eigenvalue weighted by atomic mass is 10.0. The molecule has 3 nitrogen and oxygen atoms in total. The van der Waals surface area contributed by atoms with Crippen LogP contribution in [0.4, 0.5) is 0 Å². The van der Waals surface area contributed by atoms with Gasteiger partial charge in [0.15, 0.2) is 0 Å². The zero-order valence-corrected chi connectivity index (χ0v) is 10.6. The van der Waals surface area contributed by atoms with Crippen LogP contribution >= 0.6 is 0 Å². The summed E-state index contributed by atoms with van der Waals surface area (Å²) in [6.07, 6.45) is 6.00. The van der Waals surface area contributed by atoms with Gasteiger partial charge >= 0.3 is 0 Å². The third kappa shape index (κ3) is 5.24. The first-order valence-corrected chi connectivity index (χ1v) is 5.99. The molecule has 1 heterocycles. The van der Waals surface area contributed by atoms with Crippen LogP contribution in [-0.4, -0.2) is 43.1 Å². The zero-order valence-electron chi connectivity index (χ0n) is 10.6. The van der Waals surface area contributed by atoms with Gasteiger partial charge in [-0.3, -0.25) is 4.98 Å². The summed E-state index contributed by atoms with van der Waals surface area (Å²) in [5.41, 5.74) is 1.36. The van der Waals surface area contributed by atoms with Crippen molar-refractivity contribution in [3.8, 4) is 0 Å². The van der Waals surface area contributed by atoms with Gasteiger partial charge in [-0.25, -0.2) is 0 Å². The maximum Gasteiger partial charge on any atom is 0.0270 e. The van der Waals surface area contributed by atoms with Crippen LogP contribution in [0.25, 0.3) is 0 Å². The molecule has 1 atom stereocenters. The topological polar surface area (TPSA) is 28.2 Å². The molecule has 1 aromatic heterocycles. The normalized spacial score (nSPS) is 13.0. The van der Waals surface area contributed by atoms with Crippen molar-refractivity contribution in [2.24, 2.45) is 0 Å². The molecule has 1 N–H and O–H groups in total. The van der Waals surface area contributed by atoms with E-state index in [4.69, 9.17) is 0 Å². The van der Waals surface area contributed by atoms with Crippen molar-refractivity contribution in [1.82, 2.24) is 15.2 Å².